The quantitative estimate of drug-likeness (QED) is 0.504. The fourth-order valence-corrected chi connectivity index (χ4v) is 4.12. The van der Waals surface area contributed by atoms with E-state index in [1.807, 2.05) is 23.7 Å². The van der Waals surface area contributed by atoms with Gasteiger partial charge in [-0.3, -0.25) is 9.48 Å². The van der Waals surface area contributed by atoms with Crippen LogP contribution in [0, 0.1) is 19.8 Å². The first-order chi connectivity index (χ1) is 13.5. The second kappa shape index (κ2) is 6.20. The number of nitrogens with two attached hydrogens (primary N) is 1. The van der Waals surface area contributed by atoms with E-state index in [2.05, 4.69) is 33.6 Å². The van der Waals surface area contributed by atoms with E-state index in [0.29, 0.717) is 29.1 Å². The average molecular weight is 378 g/mol. The standard InChI is InChI=1S/C20H22N6O2/c1-10-3-4-14-13(7-10)11(2)18(28-14)17-15-16(20(27)24-23-19(15)21)25-26(17)9-12-5-6-22-8-12/h3-4,7,12,22H,5-6,8-9H2,1-2H3,(H2,21,23)(H,24,27). The molecule has 1 atom stereocenters. The largest absolute Gasteiger partial charge is 0.454 e. The molecule has 1 saturated heterocycles. The number of aromatic amines is 1. The summed E-state index contributed by atoms with van der Waals surface area (Å²) in [7, 11) is 0. The molecular weight excluding hydrogens is 356 g/mol. The number of hydrogen-bond acceptors (Lipinski definition) is 6. The summed E-state index contributed by atoms with van der Waals surface area (Å²) in [6, 6.07) is 6.10. The van der Waals surface area contributed by atoms with E-state index >= 15 is 0 Å². The van der Waals surface area contributed by atoms with Crippen molar-refractivity contribution in [3.63, 3.8) is 0 Å². The van der Waals surface area contributed by atoms with Gasteiger partial charge < -0.3 is 15.5 Å². The van der Waals surface area contributed by atoms with E-state index in [9.17, 15) is 4.79 Å². The molecule has 1 aliphatic heterocycles. The van der Waals surface area contributed by atoms with Crippen LogP contribution in [0.5, 0.6) is 0 Å². The topological polar surface area (TPSA) is 115 Å². The van der Waals surface area contributed by atoms with Crippen LogP contribution >= 0.6 is 0 Å². The smallest absolute Gasteiger partial charge is 0.292 e. The summed E-state index contributed by atoms with van der Waals surface area (Å²) in [6.07, 6.45) is 1.07. The number of anilines is 1. The van der Waals surface area contributed by atoms with Gasteiger partial charge in [0.05, 0.1) is 5.39 Å². The first kappa shape index (κ1) is 17.0. The SMILES string of the molecule is Cc1ccc2oc(-c3c4c(N)n[nH]c(=O)c4nn3CC3CCNC3)c(C)c2c1. The minimum absolute atomic E-state index is 0.247. The molecule has 1 aromatic carbocycles. The van der Waals surface area contributed by atoms with E-state index in [0.717, 1.165) is 47.3 Å². The normalized spacial score (nSPS) is 17.1. The Hall–Kier alpha value is -3.13. The van der Waals surface area contributed by atoms with E-state index in [4.69, 9.17) is 10.2 Å². The maximum atomic E-state index is 12.4. The molecule has 28 heavy (non-hydrogen) atoms. The first-order valence-corrected chi connectivity index (χ1v) is 9.48. The van der Waals surface area contributed by atoms with Crippen LogP contribution < -0.4 is 16.6 Å². The molecule has 8 heteroatoms. The fraction of sp³-hybridized carbons (Fsp3) is 0.350. The highest BCUT2D eigenvalue weighted by atomic mass is 16.3. The number of nitrogens with zero attached hydrogens (tertiary/aromatic N) is 3. The van der Waals surface area contributed by atoms with Crippen molar-refractivity contribution in [1.82, 2.24) is 25.3 Å². The summed E-state index contributed by atoms with van der Waals surface area (Å²) in [5, 5.41) is 16.0. The summed E-state index contributed by atoms with van der Waals surface area (Å²) < 4.78 is 8.10. The molecule has 1 fully saturated rings. The third-order valence-electron chi connectivity index (χ3n) is 5.60. The highest BCUT2D eigenvalue weighted by Gasteiger charge is 2.26. The zero-order chi connectivity index (χ0) is 19.4. The number of nitrogen functional groups attached to an aromatic ring is 1. The van der Waals surface area contributed by atoms with Gasteiger partial charge in [-0.05, 0) is 51.4 Å². The Labute approximate surface area is 160 Å². The molecule has 3 aromatic heterocycles. The van der Waals surface area contributed by atoms with Crippen molar-refractivity contribution in [2.75, 3.05) is 18.8 Å². The lowest BCUT2D eigenvalue weighted by Crippen LogP contribution is -2.16. The van der Waals surface area contributed by atoms with Crippen LogP contribution in [0.3, 0.4) is 0 Å². The molecule has 0 bridgehead atoms. The molecule has 0 spiro atoms. The fourth-order valence-electron chi connectivity index (χ4n) is 4.12. The second-order valence-corrected chi connectivity index (χ2v) is 7.61. The molecule has 1 aliphatic rings. The summed E-state index contributed by atoms with van der Waals surface area (Å²) in [6.45, 7) is 6.69. The van der Waals surface area contributed by atoms with E-state index in [1.54, 1.807) is 0 Å². The highest BCUT2D eigenvalue weighted by Crippen LogP contribution is 2.38. The molecule has 1 unspecified atom stereocenters. The van der Waals surface area contributed by atoms with Crippen molar-refractivity contribution in [1.29, 1.82) is 0 Å². The van der Waals surface area contributed by atoms with Gasteiger partial charge in [-0.1, -0.05) is 11.6 Å². The Balaban J connectivity index is 1.81. The molecule has 4 N–H and O–H groups in total. The highest BCUT2D eigenvalue weighted by molar-refractivity contribution is 6.01. The van der Waals surface area contributed by atoms with Crippen LogP contribution in [0.1, 0.15) is 17.5 Å². The number of hydrogen-bond donors (Lipinski definition) is 3. The Morgan fingerprint density at radius 1 is 1.36 bits per heavy atom. The third kappa shape index (κ3) is 2.52. The maximum Gasteiger partial charge on any atom is 0.292 e. The Morgan fingerprint density at radius 3 is 3.00 bits per heavy atom. The van der Waals surface area contributed by atoms with Gasteiger partial charge in [0.2, 0.25) is 0 Å². The van der Waals surface area contributed by atoms with Crippen molar-refractivity contribution in [2.24, 2.45) is 5.92 Å². The average Bonchev–Trinajstić information content (AvgIpc) is 3.38. The molecule has 4 heterocycles. The minimum atomic E-state index is -0.349. The summed E-state index contributed by atoms with van der Waals surface area (Å²) in [4.78, 5) is 12.4. The lowest BCUT2D eigenvalue weighted by molar-refractivity contribution is 0.451. The number of rotatable bonds is 3. The van der Waals surface area contributed by atoms with Gasteiger partial charge in [-0.25, -0.2) is 5.10 Å². The molecule has 0 aliphatic carbocycles. The van der Waals surface area contributed by atoms with E-state index in [-0.39, 0.29) is 11.4 Å². The number of aryl methyl sites for hydroxylation is 2. The Kier molecular flexibility index (Phi) is 3.77. The third-order valence-corrected chi connectivity index (χ3v) is 5.60. The van der Waals surface area contributed by atoms with Gasteiger partial charge in [0.1, 0.15) is 11.3 Å². The van der Waals surface area contributed by atoms with Crippen LogP contribution in [0.25, 0.3) is 33.3 Å². The van der Waals surface area contributed by atoms with Crippen LogP contribution in [-0.4, -0.2) is 33.1 Å². The molecule has 0 amide bonds. The van der Waals surface area contributed by atoms with Gasteiger partial charge in [0.25, 0.3) is 5.56 Å². The monoisotopic (exact) mass is 378 g/mol. The lowest BCUT2D eigenvalue weighted by Gasteiger charge is -2.11. The Morgan fingerprint density at radius 2 is 2.21 bits per heavy atom. The van der Waals surface area contributed by atoms with Gasteiger partial charge in [-0.2, -0.15) is 10.2 Å². The van der Waals surface area contributed by atoms with Crippen LogP contribution in [0.15, 0.2) is 27.4 Å². The zero-order valence-corrected chi connectivity index (χ0v) is 15.9. The summed E-state index contributed by atoms with van der Waals surface area (Å²) >= 11 is 0. The van der Waals surface area contributed by atoms with E-state index in [1.165, 1.54) is 0 Å². The first-order valence-electron chi connectivity index (χ1n) is 9.48. The number of fused-ring (bicyclic) bond motifs is 2. The Bertz CT molecular complexity index is 1260. The van der Waals surface area contributed by atoms with Crippen LogP contribution in [0.2, 0.25) is 0 Å². The number of aromatic nitrogens is 4. The number of benzene rings is 1. The zero-order valence-electron chi connectivity index (χ0n) is 15.9. The summed E-state index contributed by atoms with van der Waals surface area (Å²) in [5.41, 5.74) is 9.81. The lowest BCUT2D eigenvalue weighted by atomic mass is 10.1. The maximum absolute atomic E-state index is 12.4. The van der Waals surface area contributed by atoms with Crippen LogP contribution in [-0.2, 0) is 6.54 Å². The molecule has 0 radical (unpaired) electrons. The van der Waals surface area contributed by atoms with Gasteiger partial charge in [-0.15, -0.1) is 0 Å². The minimum Gasteiger partial charge on any atom is -0.454 e. The van der Waals surface area contributed by atoms with Crippen molar-refractivity contribution in [2.45, 2.75) is 26.8 Å². The van der Waals surface area contributed by atoms with Crippen molar-refractivity contribution >= 4 is 27.7 Å². The molecule has 144 valence electrons. The van der Waals surface area contributed by atoms with Gasteiger partial charge >= 0.3 is 0 Å². The predicted molar refractivity (Wildman–Crippen MR) is 108 cm³/mol. The van der Waals surface area contributed by atoms with Crippen molar-refractivity contribution in [3.8, 4) is 11.5 Å². The number of H-pyrrole nitrogens is 1. The molecular formula is C20H22N6O2. The summed E-state index contributed by atoms with van der Waals surface area (Å²) in [5.74, 6) is 1.37. The molecule has 5 rings (SSSR count). The van der Waals surface area contributed by atoms with Crippen molar-refractivity contribution in [3.05, 3.63) is 39.7 Å². The van der Waals surface area contributed by atoms with Crippen LogP contribution in [0.4, 0.5) is 5.82 Å². The van der Waals surface area contributed by atoms with Crippen molar-refractivity contribution < 1.29 is 4.42 Å². The second-order valence-electron chi connectivity index (χ2n) is 7.61. The van der Waals surface area contributed by atoms with Gasteiger partial charge in [0, 0.05) is 17.5 Å². The molecule has 0 saturated carbocycles. The molecule has 8 nitrogen and oxygen atoms in total. The number of nitrogens with one attached hydrogen (secondary N) is 2. The molecule has 4 aromatic rings. The van der Waals surface area contributed by atoms with Gasteiger partial charge in [0.15, 0.2) is 17.1 Å². The predicted octanol–water partition coefficient (Wildman–Crippen LogP) is 2.34. The van der Waals surface area contributed by atoms with E-state index < -0.39 is 0 Å². The number of furan rings is 1.